The maximum Gasteiger partial charge on any atom is 0.180 e. The fourth-order valence-electron chi connectivity index (χ4n) is 1.85. The van der Waals surface area contributed by atoms with Gasteiger partial charge in [-0.05, 0) is 11.8 Å². The van der Waals surface area contributed by atoms with Crippen LogP contribution in [0.3, 0.4) is 0 Å². The molecular formula is C12H23N3S. The van der Waals surface area contributed by atoms with Crippen molar-refractivity contribution in [2.45, 2.75) is 34.2 Å². The molecule has 0 aromatic carbocycles. The van der Waals surface area contributed by atoms with Crippen LogP contribution in [0, 0.1) is 11.8 Å². The maximum absolute atomic E-state index is 5.65. The molecule has 0 radical (unpaired) electrons. The molecule has 4 heteroatoms. The summed E-state index contributed by atoms with van der Waals surface area (Å²) < 4.78 is 0. The van der Waals surface area contributed by atoms with Crippen molar-refractivity contribution in [3.63, 3.8) is 0 Å². The van der Waals surface area contributed by atoms with Crippen LogP contribution in [0.4, 0.5) is 5.13 Å². The minimum Gasteiger partial charge on any atom is -0.375 e. The summed E-state index contributed by atoms with van der Waals surface area (Å²) >= 11 is 1.60. The normalized spacial score (nSPS) is 11.9. The van der Waals surface area contributed by atoms with Crippen LogP contribution < -0.4 is 5.73 Å². The summed E-state index contributed by atoms with van der Waals surface area (Å²) in [6, 6.07) is 0. The van der Waals surface area contributed by atoms with Gasteiger partial charge in [0.2, 0.25) is 0 Å². The van der Waals surface area contributed by atoms with Crippen LogP contribution in [0.5, 0.6) is 0 Å². The zero-order chi connectivity index (χ0) is 12.1. The molecular weight excluding hydrogens is 218 g/mol. The lowest BCUT2D eigenvalue weighted by Crippen LogP contribution is -2.30. The highest BCUT2D eigenvalue weighted by atomic mass is 32.1. The first-order valence-corrected chi connectivity index (χ1v) is 6.71. The van der Waals surface area contributed by atoms with Crippen LogP contribution in [0.25, 0.3) is 0 Å². The third-order valence-electron chi connectivity index (χ3n) is 2.20. The van der Waals surface area contributed by atoms with E-state index in [1.807, 2.05) is 6.20 Å². The van der Waals surface area contributed by atoms with Gasteiger partial charge < -0.3 is 5.73 Å². The number of nitrogens with two attached hydrogens (primary N) is 1. The van der Waals surface area contributed by atoms with Crippen molar-refractivity contribution in [1.29, 1.82) is 0 Å². The van der Waals surface area contributed by atoms with E-state index in [1.54, 1.807) is 11.3 Å². The monoisotopic (exact) mass is 241 g/mol. The summed E-state index contributed by atoms with van der Waals surface area (Å²) in [5.41, 5.74) is 5.65. The van der Waals surface area contributed by atoms with Gasteiger partial charge in [-0.1, -0.05) is 27.7 Å². The Hall–Kier alpha value is -0.610. The van der Waals surface area contributed by atoms with Crippen LogP contribution in [0.1, 0.15) is 32.6 Å². The summed E-state index contributed by atoms with van der Waals surface area (Å²) in [7, 11) is 0. The summed E-state index contributed by atoms with van der Waals surface area (Å²) in [6.07, 6.45) is 1.90. The van der Waals surface area contributed by atoms with Gasteiger partial charge in [-0.25, -0.2) is 4.98 Å². The van der Waals surface area contributed by atoms with Crippen LogP contribution in [-0.2, 0) is 6.54 Å². The maximum atomic E-state index is 5.65. The number of aromatic nitrogens is 1. The average molecular weight is 241 g/mol. The quantitative estimate of drug-likeness (QED) is 0.832. The zero-order valence-electron chi connectivity index (χ0n) is 10.7. The Labute approximate surface area is 103 Å². The van der Waals surface area contributed by atoms with E-state index in [0.29, 0.717) is 17.0 Å². The van der Waals surface area contributed by atoms with Gasteiger partial charge in [-0.3, -0.25) is 4.90 Å². The van der Waals surface area contributed by atoms with Crippen molar-refractivity contribution in [2.75, 3.05) is 18.8 Å². The molecule has 0 aliphatic rings. The smallest absolute Gasteiger partial charge is 0.180 e. The van der Waals surface area contributed by atoms with Gasteiger partial charge >= 0.3 is 0 Å². The van der Waals surface area contributed by atoms with E-state index >= 15 is 0 Å². The molecule has 1 aromatic heterocycles. The zero-order valence-corrected chi connectivity index (χ0v) is 11.5. The van der Waals surface area contributed by atoms with Crippen molar-refractivity contribution >= 4 is 16.5 Å². The Kier molecular flexibility index (Phi) is 5.22. The average Bonchev–Trinajstić information content (AvgIpc) is 2.48. The summed E-state index contributed by atoms with van der Waals surface area (Å²) in [4.78, 5) is 7.85. The summed E-state index contributed by atoms with van der Waals surface area (Å²) in [6.45, 7) is 12.3. The van der Waals surface area contributed by atoms with Crippen LogP contribution in [0.2, 0.25) is 0 Å². The molecule has 0 fully saturated rings. The molecule has 0 atom stereocenters. The Morgan fingerprint density at radius 1 is 1.25 bits per heavy atom. The molecule has 0 aliphatic heterocycles. The highest BCUT2D eigenvalue weighted by molar-refractivity contribution is 7.15. The Bertz CT molecular complexity index is 297. The lowest BCUT2D eigenvalue weighted by atomic mass is 10.1. The molecule has 92 valence electrons. The van der Waals surface area contributed by atoms with Crippen molar-refractivity contribution in [1.82, 2.24) is 9.88 Å². The van der Waals surface area contributed by atoms with E-state index in [-0.39, 0.29) is 0 Å². The van der Waals surface area contributed by atoms with Gasteiger partial charge in [0.1, 0.15) is 0 Å². The Morgan fingerprint density at radius 3 is 2.19 bits per heavy atom. The predicted molar refractivity (Wildman–Crippen MR) is 71.5 cm³/mol. The molecule has 16 heavy (non-hydrogen) atoms. The first kappa shape index (κ1) is 13.5. The van der Waals surface area contributed by atoms with E-state index in [2.05, 4.69) is 37.6 Å². The first-order valence-electron chi connectivity index (χ1n) is 5.90. The van der Waals surface area contributed by atoms with Gasteiger partial charge in [0, 0.05) is 30.7 Å². The SMILES string of the molecule is CC(C)CN(Cc1cnc(N)s1)CC(C)C. The van der Waals surface area contributed by atoms with E-state index in [1.165, 1.54) is 4.88 Å². The first-order chi connectivity index (χ1) is 7.47. The van der Waals surface area contributed by atoms with Gasteiger partial charge in [-0.15, -0.1) is 11.3 Å². The van der Waals surface area contributed by atoms with Gasteiger partial charge in [0.25, 0.3) is 0 Å². The van der Waals surface area contributed by atoms with E-state index in [0.717, 1.165) is 19.6 Å². The van der Waals surface area contributed by atoms with Crippen molar-refractivity contribution in [3.05, 3.63) is 11.1 Å². The number of hydrogen-bond donors (Lipinski definition) is 1. The third kappa shape index (κ3) is 4.94. The second-order valence-electron chi connectivity index (χ2n) is 5.15. The number of thiazole rings is 1. The Balaban J connectivity index is 2.55. The fourth-order valence-corrected chi connectivity index (χ4v) is 2.58. The number of anilines is 1. The predicted octanol–water partition coefficient (Wildman–Crippen LogP) is 2.84. The van der Waals surface area contributed by atoms with E-state index < -0.39 is 0 Å². The van der Waals surface area contributed by atoms with Crippen molar-refractivity contribution in [3.8, 4) is 0 Å². The number of rotatable bonds is 6. The molecule has 1 rings (SSSR count). The topological polar surface area (TPSA) is 42.2 Å². The van der Waals surface area contributed by atoms with Crippen LogP contribution >= 0.6 is 11.3 Å². The number of nitrogens with zero attached hydrogens (tertiary/aromatic N) is 2. The lowest BCUT2D eigenvalue weighted by molar-refractivity contribution is 0.213. The van der Waals surface area contributed by atoms with E-state index in [4.69, 9.17) is 5.73 Å². The molecule has 1 aromatic rings. The molecule has 0 unspecified atom stereocenters. The third-order valence-corrected chi connectivity index (χ3v) is 3.01. The van der Waals surface area contributed by atoms with Gasteiger partial charge in [0.05, 0.1) is 0 Å². The number of hydrogen-bond acceptors (Lipinski definition) is 4. The largest absolute Gasteiger partial charge is 0.375 e. The molecule has 0 saturated heterocycles. The van der Waals surface area contributed by atoms with Gasteiger partial charge in [-0.2, -0.15) is 0 Å². The van der Waals surface area contributed by atoms with Gasteiger partial charge in [0.15, 0.2) is 5.13 Å². The summed E-state index contributed by atoms with van der Waals surface area (Å²) in [5, 5.41) is 0.670. The minimum absolute atomic E-state index is 0.670. The standard InChI is InChI=1S/C12H23N3S/c1-9(2)6-15(7-10(3)4)8-11-5-14-12(13)16-11/h5,9-10H,6-8H2,1-4H3,(H2,13,14). The molecule has 1 heterocycles. The molecule has 0 saturated carbocycles. The highest BCUT2D eigenvalue weighted by Gasteiger charge is 2.11. The molecule has 3 nitrogen and oxygen atoms in total. The molecule has 0 spiro atoms. The van der Waals surface area contributed by atoms with Crippen LogP contribution in [-0.4, -0.2) is 23.0 Å². The minimum atomic E-state index is 0.670. The fraction of sp³-hybridized carbons (Fsp3) is 0.750. The molecule has 0 aliphatic carbocycles. The molecule has 0 bridgehead atoms. The van der Waals surface area contributed by atoms with Crippen molar-refractivity contribution in [2.24, 2.45) is 11.8 Å². The van der Waals surface area contributed by atoms with Crippen LogP contribution in [0.15, 0.2) is 6.20 Å². The molecule has 0 amide bonds. The van der Waals surface area contributed by atoms with E-state index in [9.17, 15) is 0 Å². The molecule has 2 N–H and O–H groups in total. The highest BCUT2D eigenvalue weighted by Crippen LogP contribution is 2.17. The summed E-state index contributed by atoms with van der Waals surface area (Å²) in [5.74, 6) is 1.40. The lowest BCUT2D eigenvalue weighted by Gasteiger charge is -2.25. The number of nitrogen functional groups attached to an aromatic ring is 1. The Morgan fingerprint density at radius 2 is 1.81 bits per heavy atom. The van der Waals surface area contributed by atoms with Crippen molar-refractivity contribution < 1.29 is 0 Å². The second kappa shape index (κ2) is 6.21. The second-order valence-corrected chi connectivity index (χ2v) is 6.29.